The summed E-state index contributed by atoms with van der Waals surface area (Å²) in [5.74, 6) is -1.10. The average Bonchev–Trinajstić information content (AvgIpc) is 2.48. The molecular weight excluding hydrogens is 258 g/mol. The fraction of sp³-hybridized carbons (Fsp3) is 0.500. The molecule has 1 aliphatic rings. The number of carbonyl (C=O) groups is 2. The average molecular weight is 277 g/mol. The number of nitrogens with zero attached hydrogens (tertiary/aromatic N) is 2. The van der Waals surface area contributed by atoms with Crippen molar-refractivity contribution in [3.05, 3.63) is 30.1 Å². The minimum absolute atomic E-state index is 0.160. The van der Waals surface area contributed by atoms with E-state index in [9.17, 15) is 9.59 Å². The summed E-state index contributed by atoms with van der Waals surface area (Å²) in [5.41, 5.74) is 0.807. The largest absolute Gasteiger partial charge is 0.481 e. The second-order valence-electron chi connectivity index (χ2n) is 5.03. The summed E-state index contributed by atoms with van der Waals surface area (Å²) < 4.78 is 0. The van der Waals surface area contributed by atoms with Gasteiger partial charge in [-0.3, -0.25) is 9.78 Å². The number of hydrogen-bond acceptors (Lipinski definition) is 3. The summed E-state index contributed by atoms with van der Waals surface area (Å²) in [4.78, 5) is 28.8. The van der Waals surface area contributed by atoms with Crippen LogP contribution in [0.3, 0.4) is 0 Å². The molecule has 0 aliphatic carbocycles. The van der Waals surface area contributed by atoms with E-state index in [-0.39, 0.29) is 18.0 Å². The van der Waals surface area contributed by atoms with Gasteiger partial charge in [0.2, 0.25) is 0 Å². The summed E-state index contributed by atoms with van der Waals surface area (Å²) in [6.07, 6.45) is 2.72. The molecule has 0 saturated carbocycles. The number of likely N-dealkylation sites (tertiary alicyclic amines) is 1. The van der Waals surface area contributed by atoms with Gasteiger partial charge in [-0.05, 0) is 31.9 Å². The van der Waals surface area contributed by atoms with Crippen molar-refractivity contribution < 1.29 is 14.7 Å². The number of aliphatic carboxylic acids is 1. The highest BCUT2D eigenvalue weighted by Crippen LogP contribution is 2.18. The molecule has 0 aromatic carbocycles. The molecule has 6 nitrogen and oxygen atoms in total. The van der Waals surface area contributed by atoms with E-state index >= 15 is 0 Å². The zero-order valence-electron chi connectivity index (χ0n) is 11.5. The molecule has 1 aliphatic heterocycles. The lowest BCUT2D eigenvalue weighted by molar-refractivity contribution is -0.143. The smallest absolute Gasteiger partial charge is 0.317 e. The summed E-state index contributed by atoms with van der Waals surface area (Å²) in [7, 11) is 0. The van der Waals surface area contributed by atoms with Gasteiger partial charge in [0.1, 0.15) is 0 Å². The van der Waals surface area contributed by atoms with Crippen LogP contribution in [0.2, 0.25) is 0 Å². The molecule has 108 valence electrons. The van der Waals surface area contributed by atoms with E-state index in [1.165, 1.54) is 0 Å². The van der Waals surface area contributed by atoms with Crippen LogP contribution in [0.25, 0.3) is 0 Å². The first-order valence-electron chi connectivity index (χ1n) is 6.77. The van der Waals surface area contributed by atoms with Gasteiger partial charge in [0.05, 0.1) is 17.7 Å². The van der Waals surface area contributed by atoms with Crippen molar-refractivity contribution in [3.8, 4) is 0 Å². The Kier molecular flexibility index (Phi) is 4.55. The number of amides is 2. The van der Waals surface area contributed by atoms with Crippen molar-refractivity contribution in [3.63, 3.8) is 0 Å². The van der Waals surface area contributed by atoms with Crippen LogP contribution in [0.1, 0.15) is 31.5 Å². The Balaban J connectivity index is 1.85. The van der Waals surface area contributed by atoms with Gasteiger partial charge in [0.25, 0.3) is 0 Å². The number of urea groups is 1. The minimum Gasteiger partial charge on any atom is -0.481 e. The maximum absolute atomic E-state index is 12.1. The SMILES string of the molecule is CC(NC(=O)N1CCC(C(=O)O)CC1)c1ccccn1. The van der Waals surface area contributed by atoms with Gasteiger partial charge in [0.15, 0.2) is 0 Å². The van der Waals surface area contributed by atoms with Crippen LogP contribution in [0, 0.1) is 5.92 Å². The van der Waals surface area contributed by atoms with E-state index in [0.717, 1.165) is 5.69 Å². The Bertz CT molecular complexity index is 470. The molecule has 1 atom stereocenters. The number of piperidine rings is 1. The molecule has 2 heterocycles. The van der Waals surface area contributed by atoms with Crippen molar-refractivity contribution in [1.29, 1.82) is 0 Å². The highest BCUT2D eigenvalue weighted by atomic mass is 16.4. The van der Waals surface area contributed by atoms with E-state index < -0.39 is 5.97 Å². The van der Waals surface area contributed by atoms with Gasteiger partial charge in [-0.1, -0.05) is 6.07 Å². The van der Waals surface area contributed by atoms with E-state index in [2.05, 4.69) is 10.3 Å². The maximum atomic E-state index is 12.1. The predicted molar refractivity (Wildman–Crippen MR) is 73.1 cm³/mol. The quantitative estimate of drug-likeness (QED) is 0.880. The second kappa shape index (κ2) is 6.36. The second-order valence-corrected chi connectivity index (χ2v) is 5.03. The number of carboxylic acid groups (broad SMARTS) is 1. The molecule has 2 N–H and O–H groups in total. The van der Waals surface area contributed by atoms with Crippen molar-refractivity contribution in [2.24, 2.45) is 5.92 Å². The van der Waals surface area contributed by atoms with Crippen LogP contribution in [-0.4, -0.2) is 40.1 Å². The summed E-state index contributed by atoms with van der Waals surface area (Å²) in [6.45, 7) is 2.85. The van der Waals surface area contributed by atoms with Gasteiger partial charge in [0, 0.05) is 19.3 Å². The normalized spacial score (nSPS) is 17.6. The minimum atomic E-state index is -0.771. The van der Waals surface area contributed by atoms with E-state index in [1.807, 2.05) is 25.1 Å². The van der Waals surface area contributed by atoms with Gasteiger partial charge in [-0.25, -0.2) is 4.79 Å². The number of aromatic nitrogens is 1. The molecule has 6 heteroatoms. The molecule has 0 bridgehead atoms. The van der Waals surface area contributed by atoms with Crippen molar-refractivity contribution in [2.45, 2.75) is 25.8 Å². The van der Waals surface area contributed by atoms with Crippen LogP contribution in [0.15, 0.2) is 24.4 Å². The van der Waals surface area contributed by atoms with Crippen LogP contribution in [0.4, 0.5) is 4.79 Å². The van der Waals surface area contributed by atoms with Crippen LogP contribution < -0.4 is 5.32 Å². The highest BCUT2D eigenvalue weighted by molar-refractivity contribution is 5.75. The van der Waals surface area contributed by atoms with Gasteiger partial charge in [-0.2, -0.15) is 0 Å². The lowest BCUT2D eigenvalue weighted by Crippen LogP contribution is -2.46. The summed E-state index contributed by atoms with van der Waals surface area (Å²) >= 11 is 0. The predicted octanol–water partition coefficient (Wildman–Crippen LogP) is 1.65. The molecule has 1 aromatic rings. The van der Waals surface area contributed by atoms with Crippen molar-refractivity contribution in [1.82, 2.24) is 15.2 Å². The zero-order valence-corrected chi connectivity index (χ0v) is 11.5. The molecule has 2 rings (SSSR count). The number of hydrogen-bond donors (Lipinski definition) is 2. The first-order valence-corrected chi connectivity index (χ1v) is 6.77. The monoisotopic (exact) mass is 277 g/mol. The Morgan fingerprint density at radius 2 is 2.10 bits per heavy atom. The number of carbonyl (C=O) groups excluding carboxylic acids is 1. The van der Waals surface area contributed by atoms with Gasteiger partial charge >= 0.3 is 12.0 Å². The molecule has 1 saturated heterocycles. The lowest BCUT2D eigenvalue weighted by Gasteiger charge is -2.31. The molecule has 1 unspecified atom stereocenters. The first-order chi connectivity index (χ1) is 9.58. The maximum Gasteiger partial charge on any atom is 0.317 e. The van der Waals surface area contributed by atoms with Crippen LogP contribution in [-0.2, 0) is 4.79 Å². The number of rotatable bonds is 3. The molecular formula is C14H19N3O3. The first kappa shape index (κ1) is 14.3. The molecule has 20 heavy (non-hydrogen) atoms. The van der Waals surface area contributed by atoms with E-state index in [1.54, 1.807) is 11.1 Å². The van der Waals surface area contributed by atoms with Gasteiger partial charge < -0.3 is 15.3 Å². The Hall–Kier alpha value is -2.11. The van der Waals surface area contributed by atoms with E-state index in [4.69, 9.17) is 5.11 Å². The third-order valence-corrected chi connectivity index (χ3v) is 3.60. The molecule has 1 fully saturated rings. The zero-order chi connectivity index (χ0) is 14.5. The Labute approximate surface area is 117 Å². The highest BCUT2D eigenvalue weighted by Gasteiger charge is 2.27. The fourth-order valence-corrected chi connectivity index (χ4v) is 2.31. The fourth-order valence-electron chi connectivity index (χ4n) is 2.31. The Morgan fingerprint density at radius 3 is 2.65 bits per heavy atom. The van der Waals surface area contributed by atoms with Crippen LogP contribution >= 0.6 is 0 Å². The Morgan fingerprint density at radius 1 is 1.40 bits per heavy atom. The van der Waals surface area contributed by atoms with E-state index in [0.29, 0.717) is 25.9 Å². The third-order valence-electron chi connectivity index (χ3n) is 3.60. The summed E-state index contributed by atoms with van der Waals surface area (Å²) in [5, 5.41) is 11.8. The van der Waals surface area contributed by atoms with Crippen LogP contribution in [0.5, 0.6) is 0 Å². The number of pyridine rings is 1. The number of carboxylic acids is 1. The van der Waals surface area contributed by atoms with Crippen molar-refractivity contribution in [2.75, 3.05) is 13.1 Å². The standard InChI is InChI=1S/C14H19N3O3/c1-10(12-4-2-3-7-15-12)16-14(20)17-8-5-11(6-9-17)13(18)19/h2-4,7,10-11H,5-6,8-9H2,1H3,(H,16,20)(H,18,19). The van der Waals surface area contributed by atoms with Crippen molar-refractivity contribution >= 4 is 12.0 Å². The third kappa shape index (κ3) is 3.46. The molecule has 0 spiro atoms. The molecule has 2 amide bonds. The molecule has 1 aromatic heterocycles. The lowest BCUT2D eigenvalue weighted by atomic mass is 9.97. The topological polar surface area (TPSA) is 82.5 Å². The van der Waals surface area contributed by atoms with Gasteiger partial charge in [-0.15, -0.1) is 0 Å². The number of nitrogens with one attached hydrogen (secondary N) is 1. The summed E-state index contributed by atoms with van der Waals surface area (Å²) in [6, 6.07) is 5.24. The molecule has 0 radical (unpaired) electrons.